The van der Waals surface area contributed by atoms with Crippen LogP contribution in [0, 0.1) is 10.1 Å². The Kier molecular flexibility index (Phi) is 4.93. The van der Waals surface area contributed by atoms with E-state index in [4.69, 9.17) is 0 Å². The summed E-state index contributed by atoms with van der Waals surface area (Å²) in [5.41, 5.74) is 0.299. The van der Waals surface area contributed by atoms with E-state index in [9.17, 15) is 14.9 Å². The third-order valence-electron chi connectivity index (χ3n) is 4.46. The van der Waals surface area contributed by atoms with Gasteiger partial charge in [-0.3, -0.25) is 19.8 Å². The summed E-state index contributed by atoms with van der Waals surface area (Å²) in [7, 11) is 0. The molecule has 2 fully saturated rings. The van der Waals surface area contributed by atoms with Crippen molar-refractivity contribution in [1.82, 2.24) is 15.1 Å². The quantitative estimate of drug-likeness (QED) is 0.632. The van der Waals surface area contributed by atoms with E-state index in [2.05, 4.69) is 26.1 Å². The number of benzene rings is 1. The molecule has 0 aliphatic carbocycles. The largest absolute Gasteiger partial charge is 0.337 e. The van der Waals surface area contributed by atoms with Gasteiger partial charge in [-0.05, 0) is 12.5 Å². The van der Waals surface area contributed by atoms with Crippen LogP contribution in [0.3, 0.4) is 0 Å². The van der Waals surface area contributed by atoms with Gasteiger partial charge in [-0.1, -0.05) is 15.9 Å². The fourth-order valence-electron chi connectivity index (χ4n) is 3.26. The third kappa shape index (κ3) is 3.70. The number of nitrogens with zero attached hydrogens (tertiary/aromatic N) is 3. The molecule has 2 heterocycles. The SMILES string of the molecule is O=C(c1cc(Br)cc([N+](=O)[O-])c1)N1CCC(N2CCNCC2)C1. The zero-order valence-electron chi connectivity index (χ0n) is 12.7. The first-order valence-corrected chi connectivity index (χ1v) is 8.53. The number of hydrogen-bond donors (Lipinski definition) is 1. The van der Waals surface area contributed by atoms with Crippen LogP contribution in [0.15, 0.2) is 22.7 Å². The predicted molar refractivity (Wildman–Crippen MR) is 89.5 cm³/mol. The molecule has 0 aromatic heterocycles. The molecule has 23 heavy (non-hydrogen) atoms. The Bertz CT molecular complexity index is 619. The second-order valence-corrected chi connectivity index (χ2v) is 6.85. The molecule has 1 unspecified atom stereocenters. The number of nitro groups is 1. The summed E-state index contributed by atoms with van der Waals surface area (Å²) in [6, 6.07) is 4.80. The van der Waals surface area contributed by atoms with E-state index < -0.39 is 4.92 Å². The lowest BCUT2D eigenvalue weighted by Crippen LogP contribution is -2.49. The normalized spacial score (nSPS) is 22.3. The molecule has 0 radical (unpaired) electrons. The van der Waals surface area contributed by atoms with Gasteiger partial charge in [0.2, 0.25) is 0 Å². The summed E-state index contributed by atoms with van der Waals surface area (Å²) in [5, 5.41) is 14.3. The van der Waals surface area contributed by atoms with E-state index in [0.717, 1.165) is 32.6 Å². The first kappa shape index (κ1) is 16.4. The Labute approximate surface area is 142 Å². The Morgan fingerprint density at radius 1 is 1.26 bits per heavy atom. The summed E-state index contributed by atoms with van der Waals surface area (Å²) in [4.78, 5) is 27.4. The molecule has 7 nitrogen and oxygen atoms in total. The van der Waals surface area contributed by atoms with Crippen LogP contribution in [0.2, 0.25) is 0 Å². The molecular weight excluding hydrogens is 364 g/mol. The molecule has 1 atom stereocenters. The third-order valence-corrected chi connectivity index (χ3v) is 4.92. The number of amides is 1. The van der Waals surface area contributed by atoms with Gasteiger partial charge < -0.3 is 10.2 Å². The van der Waals surface area contributed by atoms with Crippen molar-refractivity contribution in [3.8, 4) is 0 Å². The van der Waals surface area contributed by atoms with Crippen LogP contribution in [0.1, 0.15) is 16.8 Å². The molecule has 2 aliphatic rings. The number of rotatable bonds is 3. The van der Waals surface area contributed by atoms with Crippen molar-refractivity contribution in [1.29, 1.82) is 0 Å². The Morgan fingerprint density at radius 2 is 2.00 bits per heavy atom. The van der Waals surface area contributed by atoms with Gasteiger partial charge in [0.15, 0.2) is 0 Å². The van der Waals surface area contributed by atoms with E-state index in [1.165, 1.54) is 12.1 Å². The van der Waals surface area contributed by atoms with Crippen LogP contribution in [0.25, 0.3) is 0 Å². The highest BCUT2D eigenvalue weighted by Gasteiger charge is 2.31. The topological polar surface area (TPSA) is 78.7 Å². The highest BCUT2D eigenvalue weighted by Crippen LogP contribution is 2.24. The highest BCUT2D eigenvalue weighted by atomic mass is 79.9. The number of likely N-dealkylation sites (tertiary alicyclic amines) is 1. The first-order chi connectivity index (χ1) is 11.0. The van der Waals surface area contributed by atoms with Gasteiger partial charge in [0, 0.05) is 67.5 Å². The number of nitro benzene ring substituents is 1. The zero-order chi connectivity index (χ0) is 16.4. The van der Waals surface area contributed by atoms with Gasteiger partial charge in [0.1, 0.15) is 0 Å². The second-order valence-electron chi connectivity index (χ2n) is 5.93. The minimum atomic E-state index is -0.477. The smallest absolute Gasteiger partial charge is 0.271 e. The average Bonchev–Trinajstić information content (AvgIpc) is 3.04. The Balaban J connectivity index is 1.70. The van der Waals surface area contributed by atoms with Crippen LogP contribution in [-0.4, -0.2) is 65.9 Å². The van der Waals surface area contributed by atoms with Crippen LogP contribution < -0.4 is 5.32 Å². The molecular formula is C15H19BrN4O3. The van der Waals surface area contributed by atoms with Crippen molar-refractivity contribution in [2.75, 3.05) is 39.3 Å². The number of carbonyl (C=O) groups is 1. The molecule has 0 spiro atoms. The molecule has 8 heteroatoms. The lowest BCUT2D eigenvalue weighted by molar-refractivity contribution is -0.385. The van der Waals surface area contributed by atoms with E-state index >= 15 is 0 Å². The summed E-state index contributed by atoms with van der Waals surface area (Å²) in [6.45, 7) is 5.39. The van der Waals surface area contributed by atoms with Crippen molar-refractivity contribution in [3.05, 3.63) is 38.3 Å². The van der Waals surface area contributed by atoms with Crippen LogP contribution in [-0.2, 0) is 0 Å². The predicted octanol–water partition coefficient (Wildman–Crippen LogP) is 1.48. The van der Waals surface area contributed by atoms with E-state index in [1.54, 1.807) is 11.0 Å². The van der Waals surface area contributed by atoms with E-state index in [0.29, 0.717) is 29.2 Å². The van der Waals surface area contributed by atoms with Gasteiger partial charge in [0.05, 0.1) is 4.92 Å². The van der Waals surface area contributed by atoms with Crippen LogP contribution >= 0.6 is 15.9 Å². The van der Waals surface area contributed by atoms with Gasteiger partial charge in [-0.25, -0.2) is 0 Å². The van der Waals surface area contributed by atoms with Crippen LogP contribution in [0.5, 0.6) is 0 Å². The number of carbonyl (C=O) groups excluding carboxylic acids is 1. The average molecular weight is 383 g/mol. The van der Waals surface area contributed by atoms with Gasteiger partial charge in [-0.2, -0.15) is 0 Å². The molecule has 124 valence electrons. The van der Waals surface area contributed by atoms with Gasteiger partial charge >= 0.3 is 0 Å². The fourth-order valence-corrected chi connectivity index (χ4v) is 3.74. The van der Waals surface area contributed by atoms with Crippen LogP contribution in [0.4, 0.5) is 5.69 Å². The van der Waals surface area contributed by atoms with Crippen molar-refractivity contribution < 1.29 is 9.72 Å². The maximum Gasteiger partial charge on any atom is 0.271 e. The molecule has 1 N–H and O–H groups in total. The van der Waals surface area contributed by atoms with Gasteiger partial charge in [0.25, 0.3) is 11.6 Å². The summed E-state index contributed by atoms with van der Waals surface area (Å²) in [6.07, 6.45) is 0.960. The maximum atomic E-state index is 12.7. The summed E-state index contributed by atoms with van der Waals surface area (Å²) in [5.74, 6) is -0.132. The van der Waals surface area contributed by atoms with Crippen molar-refractivity contribution in [2.45, 2.75) is 12.5 Å². The lowest BCUT2D eigenvalue weighted by Gasteiger charge is -2.32. The van der Waals surface area contributed by atoms with E-state index in [1.807, 2.05) is 0 Å². The Hall–Kier alpha value is -1.51. The van der Waals surface area contributed by atoms with Crippen molar-refractivity contribution in [3.63, 3.8) is 0 Å². The summed E-state index contributed by atoms with van der Waals surface area (Å²) < 4.78 is 0.549. The zero-order valence-corrected chi connectivity index (χ0v) is 14.3. The standard InChI is InChI=1S/C15H19BrN4O3/c16-12-7-11(8-14(9-12)20(22)23)15(21)19-4-1-13(10-19)18-5-2-17-3-6-18/h7-9,13,17H,1-6,10H2. The molecule has 2 saturated heterocycles. The highest BCUT2D eigenvalue weighted by molar-refractivity contribution is 9.10. The number of halogens is 1. The van der Waals surface area contributed by atoms with E-state index in [-0.39, 0.29) is 11.6 Å². The number of hydrogen-bond acceptors (Lipinski definition) is 5. The maximum absolute atomic E-state index is 12.7. The first-order valence-electron chi connectivity index (χ1n) is 7.73. The molecule has 0 saturated carbocycles. The molecule has 2 aliphatic heterocycles. The monoisotopic (exact) mass is 382 g/mol. The lowest BCUT2D eigenvalue weighted by atomic mass is 10.2. The van der Waals surface area contributed by atoms with Gasteiger partial charge in [-0.15, -0.1) is 0 Å². The Morgan fingerprint density at radius 3 is 2.70 bits per heavy atom. The minimum absolute atomic E-state index is 0.0689. The molecule has 1 aromatic rings. The van der Waals surface area contributed by atoms with Crippen molar-refractivity contribution in [2.24, 2.45) is 0 Å². The summed E-state index contributed by atoms with van der Waals surface area (Å²) >= 11 is 3.24. The minimum Gasteiger partial charge on any atom is -0.337 e. The van der Waals surface area contributed by atoms with Crippen molar-refractivity contribution >= 4 is 27.5 Å². The molecule has 3 rings (SSSR count). The molecule has 1 amide bonds. The fraction of sp³-hybridized carbons (Fsp3) is 0.533. The number of non-ortho nitro benzene ring substituents is 1. The second kappa shape index (κ2) is 6.94. The number of nitrogens with one attached hydrogen (secondary N) is 1. The molecule has 0 bridgehead atoms. The number of piperazine rings is 1. The molecule has 1 aromatic carbocycles.